The number of hydrogen-bond acceptors (Lipinski definition) is 6. The molecule has 0 aromatic heterocycles. The molecule has 1 heterocycles. The molecule has 2 aromatic rings. The van der Waals surface area contributed by atoms with Gasteiger partial charge in [-0.3, -0.25) is 4.79 Å². The highest BCUT2D eigenvalue weighted by molar-refractivity contribution is 7.89. The minimum absolute atomic E-state index is 0.0108. The number of nitrogens with zero attached hydrogens (tertiary/aromatic N) is 1. The van der Waals surface area contributed by atoms with Crippen LogP contribution >= 0.6 is 0 Å². The molecule has 0 radical (unpaired) electrons. The Labute approximate surface area is 183 Å². The van der Waals surface area contributed by atoms with Crippen LogP contribution in [-0.4, -0.2) is 58.3 Å². The molecule has 1 aliphatic rings. The molecule has 168 valence electrons. The molecule has 1 amide bonds. The highest BCUT2D eigenvalue weighted by Crippen LogP contribution is 2.33. The van der Waals surface area contributed by atoms with E-state index in [1.54, 1.807) is 38.5 Å². The van der Waals surface area contributed by atoms with Crippen molar-refractivity contribution < 1.29 is 27.4 Å². The zero-order chi connectivity index (χ0) is 22.4. The summed E-state index contributed by atoms with van der Waals surface area (Å²) in [6.45, 7) is 2.93. The molecule has 1 aliphatic heterocycles. The molecule has 3 rings (SSSR count). The molecule has 0 fully saturated rings. The lowest BCUT2D eigenvalue weighted by Gasteiger charge is -2.29. The van der Waals surface area contributed by atoms with E-state index in [0.29, 0.717) is 42.4 Å². The second-order valence-corrected chi connectivity index (χ2v) is 9.15. The lowest BCUT2D eigenvalue weighted by molar-refractivity contribution is 0.0952. The average molecular weight is 449 g/mol. The molecule has 2 aromatic carbocycles. The van der Waals surface area contributed by atoms with Crippen molar-refractivity contribution in [1.82, 2.24) is 9.62 Å². The van der Waals surface area contributed by atoms with Crippen molar-refractivity contribution >= 4 is 15.9 Å². The van der Waals surface area contributed by atoms with Gasteiger partial charge in [0, 0.05) is 19.6 Å². The van der Waals surface area contributed by atoms with E-state index < -0.39 is 10.0 Å². The minimum Gasteiger partial charge on any atom is -0.493 e. The number of methoxy groups -OCH3 is 2. The predicted molar refractivity (Wildman–Crippen MR) is 117 cm³/mol. The highest BCUT2D eigenvalue weighted by atomic mass is 32.2. The van der Waals surface area contributed by atoms with Crippen LogP contribution in [0.3, 0.4) is 0 Å². The maximum atomic E-state index is 12.9. The number of nitrogens with one attached hydrogen (secondary N) is 1. The average Bonchev–Trinajstić information content (AvgIpc) is 2.78. The standard InChI is InChI=1S/C22H28N2O6S/c1-4-30-19-8-6-5-7-18(19)22(25)23-10-12-31(26,27)24-11-9-16-13-20(28-2)21(29-3)14-17(16)15-24/h5-8,13-14H,4,9-12,15H2,1-3H3,(H,23,25). The first-order chi connectivity index (χ1) is 14.9. The Kier molecular flexibility index (Phi) is 7.40. The molecule has 1 N–H and O–H groups in total. The second kappa shape index (κ2) is 10.0. The Bertz CT molecular complexity index is 1040. The molecule has 0 aliphatic carbocycles. The number of sulfonamides is 1. The van der Waals surface area contributed by atoms with Crippen LogP contribution in [0, 0.1) is 0 Å². The molecule has 0 bridgehead atoms. The second-order valence-electron chi connectivity index (χ2n) is 7.06. The van der Waals surface area contributed by atoms with Crippen LogP contribution in [0.2, 0.25) is 0 Å². The van der Waals surface area contributed by atoms with E-state index in [4.69, 9.17) is 14.2 Å². The van der Waals surface area contributed by atoms with Gasteiger partial charge in [0.1, 0.15) is 5.75 Å². The molecular weight excluding hydrogens is 420 g/mol. The van der Waals surface area contributed by atoms with E-state index >= 15 is 0 Å². The molecule has 0 saturated carbocycles. The number of fused-ring (bicyclic) bond motifs is 1. The number of amides is 1. The molecular formula is C22H28N2O6S. The van der Waals surface area contributed by atoms with Gasteiger partial charge in [-0.25, -0.2) is 8.42 Å². The van der Waals surface area contributed by atoms with Crippen LogP contribution in [0.5, 0.6) is 17.2 Å². The van der Waals surface area contributed by atoms with Gasteiger partial charge in [-0.1, -0.05) is 12.1 Å². The predicted octanol–water partition coefficient (Wildman–Crippen LogP) is 2.22. The molecule has 0 saturated heterocycles. The van der Waals surface area contributed by atoms with Crippen LogP contribution in [0.25, 0.3) is 0 Å². The monoisotopic (exact) mass is 448 g/mol. The number of ether oxygens (including phenoxy) is 3. The Hall–Kier alpha value is -2.78. The molecule has 31 heavy (non-hydrogen) atoms. The van der Waals surface area contributed by atoms with Crippen molar-refractivity contribution in [3.8, 4) is 17.2 Å². The van der Waals surface area contributed by atoms with Gasteiger partial charge in [0.2, 0.25) is 10.0 Å². The lowest BCUT2D eigenvalue weighted by Crippen LogP contribution is -2.40. The first kappa shape index (κ1) is 22.9. The van der Waals surface area contributed by atoms with Crippen LogP contribution < -0.4 is 19.5 Å². The van der Waals surface area contributed by atoms with Gasteiger partial charge in [-0.05, 0) is 48.7 Å². The summed E-state index contributed by atoms with van der Waals surface area (Å²) in [5.41, 5.74) is 2.32. The van der Waals surface area contributed by atoms with Crippen molar-refractivity contribution in [1.29, 1.82) is 0 Å². The largest absolute Gasteiger partial charge is 0.493 e. The maximum Gasteiger partial charge on any atom is 0.255 e. The topological polar surface area (TPSA) is 94.2 Å². The first-order valence-electron chi connectivity index (χ1n) is 10.1. The zero-order valence-corrected chi connectivity index (χ0v) is 18.8. The number of rotatable bonds is 9. The number of para-hydroxylation sites is 1. The van der Waals surface area contributed by atoms with Gasteiger partial charge in [-0.15, -0.1) is 0 Å². The van der Waals surface area contributed by atoms with E-state index in [9.17, 15) is 13.2 Å². The molecule has 0 spiro atoms. The third-order valence-electron chi connectivity index (χ3n) is 5.15. The highest BCUT2D eigenvalue weighted by Gasteiger charge is 2.28. The van der Waals surface area contributed by atoms with Crippen LogP contribution in [0.15, 0.2) is 36.4 Å². The fourth-order valence-electron chi connectivity index (χ4n) is 3.55. The fraction of sp³-hybridized carbons (Fsp3) is 0.409. The van der Waals surface area contributed by atoms with Gasteiger partial charge in [0.25, 0.3) is 5.91 Å². The van der Waals surface area contributed by atoms with Gasteiger partial charge in [-0.2, -0.15) is 4.31 Å². The zero-order valence-electron chi connectivity index (χ0n) is 18.0. The summed E-state index contributed by atoms with van der Waals surface area (Å²) in [6.07, 6.45) is 0.586. The Morgan fingerprint density at radius 3 is 2.42 bits per heavy atom. The third kappa shape index (κ3) is 5.29. The molecule has 0 atom stereocenters. The van der Waals surface area contributed by atoms with Crippen LogP contribution in [0.1, 0.15) is 28.4 Å². The van der Waals surface area contributed by atoms with Gasteiger partial charge < -0.3 is 19.5 Å². The minimum atomic E-state index is -3.54. The van der Waals surface area contributed by atoms with E-state index in [2.05, 4.69) is 5.32 Å². The Morgan fingerprint density at radius 2 is 1.74 bits per heavy atom. The summed E-state index contributed by atoms with van der Waals surface area (Å²) < 4.78 is 43.3. The number of carbonyl (C=O) groups excluding carboxylic acids is 1. The maximum absolute atomic E-state index is 12.9. The van der Waals surface area contributed by atoms with Gasteiger partial charge >= 0.3 is 0 Å². The summed E-state index contributed by atoms with van der Waals surface area (Å²) in [5, 5.41) is 2.68. The number of benzene rings is 2. The van der Waals surface area contributed by atoms with E-state index in [1.165, 1.54) is 4.31 Å². The van der Waals surface area contributed by atoms with E-state index in [-0.39, 0.29) is 24.7 Å². The summed E-state index contributed by atoms with van der Waals surface area (Å²) in [4.78, 5) is 12.5. The van der Waals surface area contributed by atoms with Crippen LogP contribution in [-0.2, 0) is 23.0 Å². The summed E-state index contributed by atoms with van der Waals surface area (Å²) in [7, 11) is -0.420. The van der Waals surface area contributed by atoms with Crippen molar-refractivity contribution in [3.05, 3.63) is 53.1 Å². The van der Waals surface area contributed by atoms with Crippen molar-refractivity contribution in [2.45, 2.75) is 19.9 Å². The number of hydrogen-bond donors (Lipinski definition) is 1. The molecule has 0 unspecified atom stereocenters. The SMILES string of the molecule is CCOc1ccccc1C(=O)NCCS(=O)(=O)N1CCc2cc(OC)c(OC)cc2C1. The van der Waals surface area contributed by atoms with E-state index in [1.807, 2.05) is 19.1 Å². The first-order valence-corrected chi connectivity index (χ1v) is 11.7. The summed E-state index contributed by atoms with van der Waals surface area (Å²) in [5.74, 6) is 1.13. The van der Waals surface area contributed by atoms with Gasteiger partial charge in [0.05, 0.1) is 32.1 Å². The number of carbonyl (C=O) groups is 1. The van der Waals surface area contributed by atoms with Crippen LogP contribution in [0.4, 0.5) is 0 Å². The normalized spacial score (nSPS) is 13.9. The van der Waals surface area contributed by atoms with Crippen molar-refractivity contribution in [2.75, 3.05) is 39.7 Å². The van der Waals surface area contributed by atoms with Crippen molar-refractivity contribution in [3.63, 3.8) is 0 Å². The van der Waals surface area contributed by atoms with Crippen molar-refractivity contribution in [2.24, 2.45) is 0 Å². The van der Waals surface area contributed by atoms with E-state index in [0.717, 1.165) is 11.1 Å². The molecule has 9 heteroatoms. The molecule has 8 nitrogen and oxygen atoms in total. The summed E-state index contributed by atoms with van der Waals surface area (Å²) in [6, 6.07) is 10.6. The summed E-state index contributed by atoms with van der Waals surface area (Å²) >= 11 is 0. The lowest BCUT2D eigenvalue weighted by atomic mass is 10.0. The van der Waals surface area contributed by atoms with Gasteiger partial charge in [0.15, 0.2) is 11.5 Å². The Morgan fingerprint density at radius 1 is 1.06 bits per heavy atom. The quantitative estimate of drug-likeness (QED) is 0.632. The third-order valence-corrected chi connectivity index (χ3v) is 6.97. The Balaban J connectivity index is 1.63. The smallest absolute Gasteiger partial charge is 0.255 e. The fourth-order valence-corrected chi connectivity index (χ4v) is 4.87.